The summed E-state index contributed by atoms with van der Waals surface area (Å²) < 4.78 is 11.9. The highest BCUT2D eigenvalue weighted by molar-refractivity contribution is 5.85. The van der Waals surface area contributed by atoms with Gasteiger partial charge in [0.05, 0.1) is 12.2 Å². The lowest BCUT2D eigenvalue weighted by atomic mass is 9.68. The van der Waals surface area contributed by atoms with Crippen LogP contribution < -0.4 is 14.8 Å². The fraction of sp³-hybridized carbons (Fsp3) is 0.519. The summed E-state index contributed by atoms with van der Waals surface area (Å²) in [6, 6.07) is 14.7. The highest BCUT2D eigenvalue weighted by Crippen LogP contribution is 2.51. The molecule has 2 N–H and O–H groups in total. The smallest absolute Gasteiger partial charge is 0.308 e. The maximum Gasteiger partial charge on any atom is 0.308 e. The lowest BCUT2D eigenvalue weighted by Gasteiger charge is -2.44. The second kappa shape index (κ2) is 11.3. The van der Waals surface area contributed by atoms with Crippen LogP contribution in [0.5, 0.6) is 11.5 Å². The Balaban J connectivity index is 0.00000306. The summed E-state index contributed by atoms with van der Waals surface area (Å²) >= 11 is 0. The van der Waals surface area contributed by atoms with Crippen LogP contribution in [0.3, 0.4) is 0 Å². The van der Waals surface area contributed by atoms with Gasteiger partial charge in [-0.25, -0.2) is 0 Å². The first-order valence-corrected chi connectivity index (χ1v) is 11.9. The van der Waals surface area contributed by atoms with Crippen molar-refractivity contribution in [1.29, 1.82) is 0 Å². The lowest BCUT2D eigenvalue weighted by molar-refractivity contribution is -0.131. The highest BCUT2D eigenvalue weighted by Gasteiger charge is 2.41. The molecule has 0 spiro atoms. The zero-order chi connectivity index (χ0) is 22.7. The van der Waals surface area contributed by atoms with Gasteiger partial charge >= 0.3 is 5.97 Å². The van der Waals surface area contributed by atoms with E-state index in [9.17, 15) is 9.90 Å². The molecule has 2 aromatic rings. The topological polar surface area (TPSA) is 67.8 Å². The fourth-order valence-corrected chi connectivity index (χ4v) is 5.39. The molecule has 5 atom stereocenters. The molecule has 4 rings (SSSR count). The molecule has 180 valence electrons. The number of hydrogen-bond donors (Lipinski definition) is 2. The number of aliphatic hydroxyl groups excluding tert-OH is 1. The second-order valence-corrected chi connectivity index (χ2v) is 9.45. The van der Waals surface area contributed by atoms with Crippen molar-refractivity contribution in [3.8, 4) is 11.5 Å². The molecule has 1 saturated carbocycles. The number of hydrogen-bond acceptors (Lipinski definition) is 5. The van der Waals surface area contributed by atoms with Gasteiger partial charge in [0.15, 0.2) is 0 Å². The van der Waals surface area contributed by atoms with Gasteiger partial charge in [-0.15, -0.1) is 12.4 Å². The number of benzene rings is 2. The molecule has 1 aliphatic carbocycles. The Morgan fingerprint density at radius 2 is 1.97 bits per heavy atom. The third kappa shape index (κ3) is 6.21. The molecular weight excluding hydrogens is 438 g/mol. The normalized spacial score (nSPS) is 24.4. The molecule has 1 heterocycles. The highest BCUT2D eigenvalue weighted by atomic mass is 35.5. The van der Waals surface area contributed by atoms with Gasteiger partial charge in [-0.05, 0) is 69.8 Å². The number of nitrogens with one attached hydrogen (secondary N) is 1. The third-order valence-corrected chi connectivity index (χ3v) is 6.90. The van der Waals surface area contributed by atoms with Crippen LogP contribution in [-0.4, -0.2) is 29.3 Å². The van der Waals surface area contributed by atoms with Gasteiger partial charge in [0, 0.05) is 36.3 Å². The van der Waals surface area contributed by atoms with E-state index in [4.69, 9.17) is 9.47 Å². The molecule has 0 bridgehead atoms. The van der Waals surface area contributed by atoms with Gasteiger partial charge in [0.1, 0.15) is 11.5 Å². The van der Waals surface area contributed by atoms with Crippen LogP contribution in [0.2, 0.25) is 0 Å². The lowest BCUT2D eigenvalue weighted by Crippen LogP contribution is -2.40. The van der Waals surface area contributed by atoms with Crippen LogP contribution in [0.25, 0.3) is 0 Å². The molecule has 6 heteroatoms. The number of aliphatic hydroxyl groups is 1. The SMILES string of the molecule is CC(=O)Oc1cc(OC(C)CCCc2ccccc2)cc2c1[C@@H]1C[C@H](O)CC[C@H]1[C@@H](C)N2.Cl. The standard InChI is InChI=1S/C27H35NO4.ClH/c1-17(8-7-11-20-9-5-4-6-10-20)31-22-15-25-27(26(16-22)32-19(3)29)24-14-21(30)12-13-23(24)18(2)28-25;/h4-6,9-10,15-18,21,23-24,28,30H,7-8,11-14H2,1-3H3;1H/t17?,18-,21-,23+,24-;/m1./s1. The van der Waals surface area contributed by atoms with Gasteiger partial charge in [0.2, 0.25) is 0 Å². The Morgan fingerprint density at radius 1 is 1.21 bits per heavy atom. The molecule has 0 amide bonds. The van der Waals surface area contributed by atoms with Crippen molar-refractivity contribution >= 4 is 24.1 Å². The van der Waals surface area contributed by atoms with E-state index in [1.54, 1.807) is 0 Å². The van der Waals surface area contributed by atoms with E-state index in [2.05, 4.69) is 43.4 Å². The summed E-state index contributed by atoms with van der Waals surface area (Å²) in [6.07, 6.45) is 5.25. The Morgan fingerprint density at radius 3 is 2.70 bits per heavy atom. The predicted octanol–water partition coefficient (Wildman–Crippen LogP) is 5.88. The van der Waals surface area contributed by atoms with E-state index in [1.165, 1.54) is 12.5 Å². The van der Waals surface area contributed by atoms with Gasteiger partial charge in [-0.2, -0.15) is 0 Å². The molecule has 0 radical (unpaired) electrons. The predicted molar refractivity (Wildman–Crippen MR) is 134 cm³/mol. The van der Waals surface area contributed by atoms with E-state index < -0.39 is 0 Å². The Bertz CT molecular complexity index is 935. The molecule has 1 unspecified atom stereocenters. The number of fused-ring (bicyclic) bond motifs is 3. The van der Waals surface area contributed by atoms with Crippen LogP contribution in [0.4, 0.5) is 5.69 Å². The van der Waals surface area contributed by atoms with E-state index in [0.29, 0.717) is 29.9 Å². The van der Waals surface area contributed by atoms with E-state index in [-0.39, 0.29) is 36.5 Å². The largest absolute Gasteiger partial charge is 0.491 e. The van der Waals surface area contributed by atoms with E-state index in [1.807, 2.05) is 18.2 Å². The number of aryl methyl sites for hydroxylation is 1. The molecule has 2 aliphatic rings. The zero-order valence-corrected chi connectivity index (χ0v) is 20.6. The van der Waals surface area contributed by atoms with Crippen molar-refractivity contribution in [3.63, 3.8) is 0 Å². The summed E-state index contributed by atoms with van der Waals surface area (Å²) in [5.74, 6) is 1.53. The zero-order valence-electron chi connectivity index (χ0n) is 19.8. The van der Waals surface area contributed by atoms with Crippen LogP contribution >= 0.6 is 12.4 Å². The van der Waals surface area contributed by atoms with Gasteiger partial charge < -0.3 is 19.9 Å². The number of ether oxygens (including phenoxy) is 2. The summed E-state index contributed by atoms with van der Waals surface area (Å²) in [7, 11) is 0. The van der Waals surface area contributed by atoms with Crippen LogP contribution in [0.15, 0.2) is 42.5 Å². The molecule has 1 aliphatic heterocycles. The van der Waals surface area contributed by atoms with Gasteiger partial charge in [0.25, 0.3) is 0 Å². The summed E-state index contributed by atoms with van der Waals surface area (Å²) in [5.41, 5.74) is 3.30. The first kappa shape index (κ1) is 25.4. The van der Waals surface area contributed by atoms with E-state index >= 15 is 0 Å². The van der Waals surface area contributed by atoms with Crippen molar-refractivity contribution in [2.45, 2.75) is 83.5 Å². The minimum atomic E-state index is -0.341. The molecule has 2 aromatic carbocycles. The summed E-state index contributed by atoms with van der Waals surface area (Å²) in [4.78, 5) is 11.9. The van der Waals surface area contributed by atoms with Crippen molar-refractivity contribution in [2.24, 2.45) is 5.92 Å². The maximum atomic E-state index is 11.9. The Labute approximate surface area is 203 Å². The van der Waals surface area contributed by atoms with Crippen LogP contribution in [0.1, 0.15) is 69.9 Å². The molecule has 5 nitrogen and oxygen atoms in total. The maximum absolute atomic E-state index is 11.9. The Kier molecular flexibility index (Phi) is 8.66. The quantitative estimate of drug-likeness (QED) is 0.388. The number of anilines is 1. The minimum absolute atomic E-state index is 0. The van der Waals surface area contributed by atoms with Crippen molar-refractivity contribution in [3.05, 3.63) is 53.6 Å². The number of halogens is 1. The number of esters is 1. The molecule has 1 fully saturated rings. The fourth-order valence-electron chi connectivity index (χ4n) is 5.39. The average molecular weight is 474 g/mol. The molecule has 0 aromatic heterocycles. The molecular formula is C27H36ClNO4. The molecule has 33 heavy (non-hydrogen) atoms. The number of rotatable bonds is 7. The average Bonchev–Trinajstić information content (AvgIpc) is 2.73. The monoisotopic (exact) mass is 473 g/mol. The second-order valence-electron chi connectivity index (χ2n) is 9.45. The number of carbonyl (C=O) groups excluding carboxylic acids is 1. The minimum Gasteiger partial charge on any atom is -0.491 e. The van der Waals surface area contributed by atoms with Crippen LogP contribution in [0, 0.1) is 5.92 Å². The molecule has 0 saturated heterocycles. The number of carbonyl (C=O) groups is 1. The van der Waals surface area contributed by atoms with Crippen LogP contribution in [-0.2, 0) is 11.2 Å². The third-order valence-electron chi connectivity index (χ3n) is 6.90. The first-order valence-electron chi connectivity index (χ1n) is 11.9. The van der Waals surface area contributed by atoms with Crippen molar-refractivity contribution in [1.82, 2.24) is 0 Å². The first-order chi connectivity index (χ1) is 15.4. The Hall–Kier alpha value is -2.24. The van der Waals surface area contributed by atoms with Crippen molar-refractivity contribution < 1.29 is 19.4 Å². The van der Waals surface area contributed by atoms with Gasteiger partial charge in [-0.1, -0.05) is 30.3 Å². The van der Waals surface area contributed by atoms with E-state index in [0.717, 1.165) is 43.4 Å². The van der Waals surface area contributed by atoms with Gasteiger partial charge in [-0.3, -0.25) is 4.79 Å². The summed E-state index contributed by atoms with van der Waals surface area (Å²) in [5, 5.41) is 13.9. The van der Waals surface area contributed by atoms with Crippen molar-refractivity contribution in [2.75, 3.05) is 5.32 Å². The summed E-state index contributed by atoms with van der Waals surface area (Å²) in [6.45, 7) is 5.71.